The fourth-order valence-corrected chi connectivity index (χ4v) is 5.18. The molecule has 0 radical (unpaired) electrons. The normalized spacial score (nSPS) is 19.0. The Bertz CT molecular complexity index is 1370. The fourth-order valence-electron chi connectivity index (χ4n) is 5.18. The highest BCUT2D eigenvalue weighted by atomic mass is 19.4. The van der Waals surface area contributed by atoms with Gasteiger partial charge in [-0.25, -0.2) is 4.39 Å². The van der Waals surface area contributed by atoms with Gasteiger partial charge in [-0.3, -0.25) is 9.69 Å². The summed E-state index contributed by atoms with van der Waals surface area (Å²) in [6.07, 6.45) is -2.93. The second-order valence-electron chi connectivity index (χ2n) is 10.5. The summed E-state index contributed by atoms with van der Waals surface area (Å²) in [5.41, 5.74) is 1.14. The summed E-state index contributed by atoms with van der Waals surface area (Å²) >= 11 is 0. The molecule has 1 amide bonds. The lowest BCUT2D eigenvalue weighted by Crippen LogP contribution is -2.44. The number of likely N-dealkylation sites (N-methyl/N-ethyl adjacent to an activating group) is 1. The van der Waals surface area contributed by atoms with Crippen LogP contribution < -0.4 is 15.5 Å². The number of morpholine rings is 1. The van der Waals surface area contributed by atoms with Crippen LogP contribution in [0.5, 0.6) is 0 Å². The van der Waals surface area contributed by atoms with E-state index >= 15 is 4.39 Å². The van der Waals surface area contributed by atoms with E-state index in [0.29, 0.717) is 55.3 Å². The smallest absolute Gasteiger partial charge is 0.379 e. The number of amides is 1. The van der Waals surface area contributed by atoms with Crippen molar-refractivity contribution in [3.05, 3.63) is 83.5 Å². The largest absolute Gasteiger partial charge is 0.417 e. The standard InChI is InChI=1S/C30H33F4N5O2/c1-20-15-25(30(32,33)34)24(18-35-20)29(40)36-27-17-22(4-6-28(27)39-9-7-37(2)8-10-39)23-16-21(3-5-26(23)31)19-38-11-13-41-14-12-38/h3-6,15-18,35H,1,7-14,19H2,2H3,(H,36,40). The van der Waals surface area contributed by atoms with Crippen LogP contribution >= 0.6 is 0 Å². The van der Waals surface area contributed by atoms with Crippen molar-refractivity contribution in [1.82, 2.24) is 15.1 Å². The van der Waals surface area contributed by atoms with Gasteiger partial charge in [0.05, 0.1) is 35.7 Å². The zero-order chi connectivity index (χ0) is 29.1. The highest BCUT2D eigenvalue weighted by Crippen LogP contribution is 2.37. The lowest BCUT2D eigenvalue weighted by Gasteiger charge is -2.35. The third-order valence-electron chi connectivity index (χ3n) is 7.50. The van der Waals surface area contributed by atoms with Gasteiger partial charge >= 0.3 is 6.18 Å². The molecule has 3 heterocycles. The van der Waals surface area contributed by atoms with E-state index in [1.807, 2.05) is 7.05 Å². The van der Waals surface area contributed by atoms with Crippen molar-refractivity contribution >= 4 is 17.3 Å². The third-order valence-corrected chi connectivity index (χ3v) is 7.50. The van der Waals surface area contributed by atoms with E-state index < -0.39 is 29.0 Å². The summed E-state index contributed by atoms with van der Waals surface area (Å²) in [7, 11) is 2.01. The minimum Gasteiger partial charge on any atom is -0.379 e. The van der Waals surface area contributed by atoms with Crippen molar-refractivity contribution in [3.8, 4) is 11.1 Å². The van der Waals surface area contributed by atoms with Crippen LogP contribution in [0, 0.1) is 5.82 Å². The number of anilines is 2. The summed E-state index contributed by atoms with van der Waals surface area (Å²) in [5.74, 6) is -1.36. The molecule has 0 bridgehead atoms. The maximum Gasteiger partial charge on any atom is 0.417 e. The van der Waals surface area contributed by atoms with Crippen molar-refractivity contribution < 1.29 is 27.1 Å². The van der Waals surface area contributed by atoms with E-state index in [2.05, 4.69) is 31.9 Å². The van der Waals surface area contributed by atoms with Crippen LogP contribution in [0.2, 0.25) is 0 Å². The number of carbonyl (C=O) groups excluding carboxylic acids is 1. The number of rotatable bonds is 6. The van der Waals surface area contributed by atoms with E-state index in [0.717, 1.165) is 44.0 Å². The quantitative estimate of drug-likeness (QED) is 0.498. The van der Waals surface area contributed by atoms with Crippen molar-refractivity contribution in [1.29, 1.82) is 0 Å². The van der Waals surface area contributed by atoms with Gasteiger partial charge in [0.25, 0.3) is 5.91 Å². The first kappa shape index (κ1) is 28.8. The number of allylic oxidation sites excluding steroid dienone is 1. The Morgan fingerprint density at radius 3 is 2.49 bits per heavy atom. The van der Waals surface area contributed by atoms with Crippen molar-refractivity contribution in [3.63, 3.8) is 0 Å². The number of halogens is 4. The average Bonchev–Trinajstić information content (AvgIpc) is 2.94. The highest BCUT2D eigenvalue weighted by molar-refractivity contribution is 6.09. The van der Waals surface area contributed by atoms with E-state index in [9.17, 15) is 18.0 Å². The van der Waals surface area contributed by atoms with E-state index in [-0.39, 0.29) is 5.70 Å². The number of ether oxygens (including phenoxy) is 1. The SMILES string of the molecule is C=C1C=C(C(F)(F)F)C(C(=O)Nc2cc(-c3cc(CN4CCOCC4)ccc3F)ccc2N2CCN(C)CC2)=CN1. The van der Waals surface area contributed by atoms with Gasteiger partial charge in [0.1, 0.15) is 5.82 Å². The predicted octanol–water partition coefficient (Wildman–Crippen LogP) is 4.50. The van der Waals surface area contributed by atoms with Crippen molar-refractivity contribution in [2.24, 2.45) is 0 Å². The van der Waals surface area contributed by atoms with Crippen molar-refractivity contribution in [2.75, 3.05) is 69.7 Å². The van der Waals surface area contributed by atoms with Gasteiger partial charge in [0.15, 0.2) is 0 Å². The Balaban J connectivity index is 1.48. The molecule has 41 heavy (non-hydrogen) atoms. The summed E-state index contributed by atoms with van der Waals surface area (Å²) in [6.45, 7) is 9.92. The van der Waals surface area contributed by atoms with Gasteiger partial charge in [-0.15, -0.1) is 0 Å². The Labute approximate surface area is 236 Å². The van der Waals surface area contributed by atoms with Crippen molar-refractivity contribution in [2.45, 2.75) is 12.7 Å². The number of dihydropyridines is 1. The van der Waals surface area contributed by atoms with Crippen LogP contribution in [0.3, 0.4) is 0 Å². The lowest BCUT2D eigenvalue weighted by molar-refractivity contribution is -0.115. The minimum absolute atomic E-state index is 0.0291. The molecular weight excluding hydrogens is 538 g/mol. The lowest BCUT2D eigenvalue weighted by atomic mass is 9.99. The number of hydrogen-bond acceptors (Lipinski definition) is 6. The predicted molar refractivity (Wildman–Crippen MR) is 151 cm³/mol. The van der Waals surface area contributed by atoms with Gasteiger partial charge in [0, 0.05) is 63.3 Å². The molecule has 0 saturated carbocycles. The zero-order valence-electron chi connectivity index (χ0n) is 22.9. The molecule has 0 aromatic heterocycles. The summed E-state index contributed by atoms with van der Waals surface area (Å²) in [5, 5.41) is 5.30. The van der Waals surface area contributed by atoms with Crippen LogP contribution in [-0.4, -0.2) is 81.4 Å². The molecule has 2 N–H and O–H groups in total. The van der Waals surface area contributed by atoms with Crippen LogP contribution in [0.25, 0.3) is 11.1 Å². The third kappa shape index (κ3) is 6.80. The van der Waals surface area contributed by atoms with Crippen LogP contribution in [0.4, 0.5) is 28.9 Å². The Hall–Kier alpha value is -3.67. The second-order valence-corrected chi connectivity index (χ2v) is 10.5. The summed E-state index contributed by atoms with van der Waals surface area (Å²) < 4.78 is 61.9. The van der Waals surface area contributed by atoms with E-state index in [1.165, 1.54) is 6.07 Å². The van der Waals surface area contributed by atoms with Gasteiger partial charge < -0.3 is 25.2 Å². The number of carbonyl (C=O) groups is 1. The van der Waals surface area contributed by atoms with E-state index in [1.54, 1.807) is 30.3 Å². The highest BCUT2D eigenvalue weighted by Gasteiger charge is 2.39. The van der Waals surface area contributed by atoms with Gasteiger partial charge in [-0.2, -0.15) is 13.2 Å². The molecule has 7 nitrogen and oxygen atoms in total. The van der Waals surface area contributed by atoms with Crippen LogP contribution in [0.15, 0.2) is 72.1 Å². The molecule has 5 rings (SSSR count). The Kier molecular flexibility index (Phi) is 8.48. The number of nitrogens with one attached hydrogen (secondary N) is 2. The first-order valence-corrected chi connectivity index (χ1v) is 13.5. The van der Waals surface area contributed by atoms with E-state index in [4.69, 9.17) is 4.74 Å². The molecule has 2 saturated heterocycles. The molecule has 0 aliphatic carbocycles. The number of benzene rings is 2. The summed E-state index contributed by atoms with van der Waals surface area (Å²) in [6, 6.07) is 10.2. The molecule has 0 atom stereocenters. The molecule has 11 heteroatoms. The molecule has 218 valence electrons. The van der Waals surface area contributed by atoms with Gasteiger partial charge in [-0.1, -0.05) is 18.7 Å². The van der Waals surface area contributed by atoms with Crippen LogP contribution in [0.1, 0.15) is 5.56 Å². The Morgan fingerprint density at radius 1 is 1.05 bits per heavy atom. The first-order chi connectivity index (χ1) is 19.6. The molecule has 3 aliphatic heterocycles. The number of nitrogens with zero attached hydrogens (tertiary/aromatic N) is 3. The molecule has 0 spiro atoms. The molecule has 2 aromatic rings. The number of piperazine rings is 1. The van der Waals surface area contributed by atoms with Gasteiger partial charge in [-0.05, 0) is 48.5 Å². The average molecular weight is 572 g/mol. The number of alkyl halides is 3. The number of hydrogen-bond donors (Lipinski definition) is 2. The van der Waals surface area contributed by atoms with Gasteiger partial charge in [0.2, 0.25) is 0 Å². The maximum absolute atomic E-state index is 15.1. The molecule has 0 unspecified atom stereocenters. The second kappa shape index (κ2) is 12.1. The maximum atomic E-state index is 15.1. The molecule has 3 aliphatic rings. The topological polar surface area (TPSA) is 60.1 Å². The fraction of sp³-hybridized carbons (Fsp3) is 0.367. The molecular formula is C30H33F4N5O2. The Morgan fingerprint density at radius 2 is 1.78 bits per heavy atom. The first-order valence-electron chi connectivity index (χ1n) is 13.5. The monoisotopic (exact) mass is 571 g/mol. The summed E-state index contributed by atoms with van der Waals surface area (Å²) in [4.78, 5) is 19.8. The molecule has 2 fully saturated rings. The minimum atomic E-state index is -4.75. The van der Waals surface area contributed by atoms with Crippen LogP contribution in [-0.2, 0) is 16.1 Å². The molecule has 2 aromatic carbocycles. The zero-order valence-corrected chi connectivity index (χ0v) is 22.9.